The van der Waals surface area contributed by atoms with Crippen LogP contribution >= 0.6 is 0 Å². The molecule has 7 nitrogen and oxygen atoms in total. The molecule has 0 radical (unpaired) electrons. The van der Waals surface area contributed by atoms with E-state index in [2.05, 4.69) is 32.9 Å². The molecule has 0 aliphatic rings. The maximum Gasteiger partial charge on any atom is 0.355 e. The van der Waals surface area contributed by atoms with Crippen molar-refractivity contribution in [2.45, 2.75) is 0 Å². The van der Waals surface area contributed by atoms with Crippen LogP contribution in [0.3, 0.4) is 0 Å². The van der Waals surface area contributed by atoms with Crippen LogP contribution in [0.1, 0.15) is 11.1 Å². The molecular formula is C21H18N4O3. The van der Waals surface area contributed by atoms with Crippen LogP contribution in [-0.2, 0) is 0 Å². The second-order valence-corrected chi connectivity index (χ2v) is 5.20. The fourth-order valence-corrected chi connectivity index (χ4v) is 1.98. The molecule has 2 aromatic carbocycles. The maximum absolute atomic E-state index is 11.7. The molecule has 2 amide bonds. The monoisotopic (exact) mass is 374 g/mol. The van der Waals surface area contributed by atoms with Gasteiger partial charge in [0.2, 0.25) is 0 Å². The van der Waals surface area contributed by atoms with E-state index in [0.717, 1.165) is 11.1 Å². The third kappa shape index (κ3) is 7.34. The molecule has 0 unspecified atom stereocenters. The predicted molar refractivity (Wildman–Crippen MR) is 108 cm³/mol. The van der Waals surface area contributed by atoms with Gasteiger partial charge in [-0.1, -0.05) is 36.1 Å². The smallest absolute Gasteiger partial charge is 0.355 e. The van der Waals surface area contributed by atoms with Gasteiger partial charge in [0.05, 0.1) is 12.4 Å². The van der Waals surface area contributed by atoms with Crippen molar-refractivity contribution in [2.75, 3.05) is 13.2 Å². The number of terminal acetylenes is 2. The average molecular weight is 374 g/mol. The van der Waals surface area contributed by atoms with Crippen molar-refractivity contribution in [3.8, 4) is 36.2 Å². The van der Waals surface area contributed by atoms with Crippen molar-refractivity contribution < 1.29 is 14.3 Å². The van der Waals surface area contributed by atoms with Crippen LogP contribution in [-0.4, -0.2) is 31.7 Å². The number of hydrogen-bond acceptors (Lipinski definition) is 5. The summed E-state index contributed by atoms with van der Waals surface area (Å²) in [4.78, 5) is 11.7. The van der Waals surface area contributed by atoms with E-state index in [9.17, 15) is 4.79 Å². The van der Waals surface area contributed by atoms with Crippen LogP contribution in [0.4, 0.5) is 4.79 Å². The molecule has 0 aliphatic heterocycles. The number of nitrogens with zero attached hydrogens (tertiary/aromatic N) is 2. The van der Waals surface area contributed by atoms with Gasteiger partial charge < -0.3 is 9.47 Å². The zero-order valence-corrected chi connectivity index (χ0v) is 15.0. The van der Waals surface area contributed by atoms with Crippen molar-refractivity contribution in [3.05, 3.63) is 59.7 Å². The summed E-state index contributed by atoms with van der Waals surface area (Å²) in [5, 5.41) is 7.68. The highest BCUT2D eigenvalue weighted by molar-refractivity contribution is 5.84. The van der Waals surface area contributed by atoms with E-state index >= 15 is 0 Å². The topological polar surface area (TPSA) is 84.3 Å². The fourth-order valence-electron chi connectivity index (χ4n) is 1.98. The minimum Gasteiger partial charge on any atom is -0.481 e. The molecule has 28 heavy (non-hydrogen) atoms. The second-order valence-electron chi connectivity index (χ2n) is 5.20. The molecule has 0 saturated carbocycles. The molecular weight excluding hydrogens is 356 g/mol. The summed E-state index contributed by atoms with van der Waals surface area (Å²) in [7, 11) is 0. The molecule has 140 valence electrons. The highest BCUT2D eigenvalue weighted by Crippen LogP contribution is 2.12. The Morgan fingerprint density at radius 1 is 0.893 bits per heavy atom. The molecule has 0 bridgehead atoms. The van der Waals surface area contributed by atoms with Crippen LogP contribution in [0.25, 0.3) is 0 Å². The Morgan fingerprint density at radius 3 is 1.79 bits per heavy atom. The summed E-state index contributed by atoms with van der Waals surface area (Å²) in [6, 6.07) is 13.6. The Bertz CT molecular complexity index is 864. The van der Waals surface area contributed by atoms with Crippen LogP contribution in [0.15, 0.2) is 58.7 Å². The zero-order valence-electron chi connectivity index (χ0n) is 15.0. The summed E-state index contributed by atoms with van der Waals surface area (Å²) in [5.74, 6) is 6.01. The van der Waals surface area contributed by atoms with E-state index in [1.165, 1.54) is 12.4 Å². The number of carbonyl (C=O) groups is 1. The van der Waals surface area contributed by atoms with Crippen LogP contribution in [0.5, 0.6) is 11.5 Å². The molecule has 0 aromatic heterocycles. The van der Waals surface area contributed by atoms with Crippen molar-refractivity contribution in [1.29, 1.82) is 0 Å². The molecule has 2 aromatic rings. The SMILES string of the molecule is C#CCOc1cccc(/C=N/NC(=O)N/N=C/c2cccc(OCC#C)c2)c1. The van der Waals surface area contributed by atoms with Crippen molar-refractivity contribution >= 4 is 18.5 Å². The lowest BCUT2D eigenvalue weighted by Crippen LogP contribution is -2.28. The van der Waals surface area contributed by atoms with E-state index in [-0.39, 0.29) is 13.2 Å². The summed E-state index contributed by atoms with van der Waals surface area (Å²) in [6.45, 7) is 0.358. The molecule has 7 heteroatoms. The molecule has 0 fully saturated rings. The maximum atomic E-state index is 11.7. The second kappa shape index (κ2) is 11.4. The van der Waals surface area contributed by atoms with Gasteiger partial charge in [-0.3, -0.25) is 0 Å². The first-order valence-corrected chi connectivity index (χ1v) is 8.16. The third-order valence-corrected chi connectivity index (χ3v) is 3.12. The molecule has 0 spiro atoms. The predicted octanol–water partition coefficient (Wildman–Crippen LogP) is 2.38. The zero-order chi connectivity index (χ0) is 20.0. The third-order valence-electron chi connectivity index (χ3n) is 3.12. The van der Waals surface area contributed by atoms with Gasteiger partial charge in [0.15, 0.2) is 0 Å². The van der Waals surface area contributed by atoms with Crippen LogP contribution < -0.4 is 20.3 Å². The first-order valence-electron chi connectivity index (χ1n) is 8.16. The minimum absolute atomic E-state index is 0.179. The Kier molecular flexibility index (Phi) is 8.18. The van der Waals surface area contributed by atoms with Gasteiger partial charge in [-0.05, 0) is 35.4 Å². The van der Waals surface area contributed by atoms with Crippen molar-refractivity contribution in [2.24, 2.45) is 10.2 Å². The summed E-state index contributed by atoms with van der Waals surface area (Å²) in [6.07, 6.45) is 13.2. The van der Waals surface area contributed by atoms with E-state index in [0.29, 0.717) is 11.5 Å². The Morgan fingerprint density at radius 2 is 1.36 bits per heavy atom. The van der Waals surface area contributed by atoms with Crippen LogP contribution in [0, 0.1) is 24.7 Å². The van der Waals surface area contributed by atoms with Gasteiger partial charge in [0.1, 0.15) is 24.7 Å². The number of carbonyl (C=O) groups excluding carboxylic acids is 1. The number of rotatable bonds is 8. The number of hydrazone groups is 2. The van der Waals surface area contributed by atoms with Gasteiger partial charge in [-0.2, -0.15) is 10.2 Å². The van der Waals surface area contributed by atoms with Crippen molar-refractivity contribution in [3.63, 3.8) is 0 Å². The first kappa shape index (κ1) is 20.1. The quantitative estimate of drug-likeness (QED) is 0.423. The van der Waals surface area contributed by atoms with Crippen LogP contribution in [0.2, 0.25) is 0 Å². The highest BCUT2D eigenvalue weighted by atomic mass is 16.5. The highest BCUT2D eigenvalue weighted by Gasteiger charge is 1.97. The van der Waals surface area contributed by atoms with E-state index < -0.39 is 6.03 Å². The van der Waals surface area contributed by atoms with Gasteiger partial charge >= 0.3 is 6.03 Å². The molecule has 2 rings (SSSR count). The number of amides is 2. The van der Waals surface area contributed by atoms with E-state index in [1.54, 1.807) is 48.5 Å². The Labute approximate surface area is 163 Å². The fraction of sp³-hybridized carbons (Fsp3) is 0.0952. The standard InChI is InChI=1S/C21H18N4O3/c1-3-11-27-19-9-5-7-17(13-19)15-22-24-21(26)25-23-16-18-8-6-10-20(14-18)28-12-4-2/h1-2,5-10,13-16H,11-12H2,(H2,24,25,26)/b22-15+,23-16+. The number of nitrogens with one attached hydrogen (secondary N) is 2. The van der Waals surface area contributed by atoms with Gasteiger partial charge in [0.25, 0.3) is 0 Å². The summed E-state index contributed by atoms with van der Waals surface area (Å²) >= 11 is 0. The lowest BCUT2D eigenvalue weighted by atomic mass is 10.2. The van der Waals surface area contributed by atoms with Gasteiger partial charge in [0, 0.05) is 0 Å². The normalized spacial score (nSPS) is 10.2. The van der Waals surface area contributed by atoms with E-state index in [4.69, 9.17) is 22.3 Å². The van der Waals surface area contributed by atoms with Gasteiger partial charge in [-0.15, -0.1) is 12.8 Å². The Hall–Kier alpha value is -4.23. The number of ether oxygens (including phenoxy) is 2. The Balaban J connectivity index is 1.81. The lowest BCUT2D eigenvalue weighted by molar-refractivity contribution is 0.242. The minimum atomic E-state index is -0.591. The largest absolute Gasteiger partial charge is 0.481 e. The molecule has 0 atom stereocenters. The summed E-state index contributed by atoms with van der Waals surface area (Å²) < 4.78 is 10.6. The number of urea groups is 1. The molecule has 2 N–H and O–H groups in total. The lowest BCUT2D eigenvalue weighted by Gasteiger charge is -2.03. The van der Waals surface area contributed by atoms with Crippen molar-refractivity contribution in [1.82, 2.24) is 10.9 Å². The molecule has 0 aliphatic carbocycles. The van der Waals surface area contributed by atoms with E-state index in [1.807, 2.05) is 0 Å². The molecule has 0 heterocycles. The first-order chi connectivity index (χ1) is 13.7. The molecule has 0 saturated heterocycles. The number of hydrogen-bond donors (Lipinski definition) is 2. The van der Waals surface area contributed by atoms with Gasteiger partial charge in [-0.25, -0.2) is 15.6 Å². The summed E-state index contributed by atoms with van der Waals surface area (Å²) in [5.41, 5.74) is 6.09. The number of benzene rings is 2. The average Bonchev–Trinajstić information content (AvgIpc) is 2.71.